The number of amides is 1. The zero-order valence-corrected chi connectivity index (χ0v) is 14.5. The Morgan fingerprint density at radius 2 is 2.30 bits per heavy atom. The lowest BCUT2D eigenvalue weighted by Crippen LogP contribution is -2.50. The summed E-state index contributed by atoms with van der Waals surface area (Å²) < 4.78 is 0. The first-order valence-corrected chi connectivity index (χ1v) is 9.24. The molecule has 3 rings (SSSR count). The van der Waals surface area contributed by atoms with Crippen molar-refractivity contribution in [3.8, 4) is 0 Å². The van der Waals surface area contributed by atoms with E-state index in [1.165, 1.54) is 0 Å². The number of fused-ring (bicyclic) bond motifs is 1. The van der Waals surface area contributed by atoms with Crippen molar-refractivity contribution in [3.63, 3.8) is 0 Å². The van der Waals surface area contributed by atoms with E-state index in [0.29, 0.717) is 11.7 Å². The zero-order valence-electron chi connectivity index (χ0n) is 13.6. The second kappa shape index (κ2) is 7.36. The van der Waals surface area contributed by atoms with Crippen LogP contribution in [-0.2, 0) is 4.79 Å². The van der Waals surface area contributed by atoms with E-state index in [2.05, 4.69) is 34.4 Å². The van der Waals surface area contributed by atoms with E-state index in [-0.39, 0.29) is 17.2 Å². The average molecular weight is 332 g/mol. The number of nitrogens with one attached hydrogen (secondary N) is 3. The predicted octanol–water partition coefficient (Wildman–Crippen LogP) is 2.47. The fourth-order valence-electron chi connectivity index (χ4n) is 2.88. The molecule has 23 heavy (non-hydrogen) atoms. The van der Waals surface area contributed by atoms with Crippen molar-refractivity contribution in [2.75, 3.05) is 18.8 Å². The first-order valence-electron chi connectivity index (χ1n) is 8.20. The molecule has 124 valence electrons. The molecule has 0 bridgehead atoms. The summed E-state index contributed by atoms with van der Waals surface area (Å²) in [6.07, 6.45) is 1.12. The maximum atomic E-state index is 12.2. The van der Waals surface area contributed by atoms with Crippen LogP contribution in [0.15, 0.2) is 24.3 Å². The molecule has 1 fully saturated rings. The van der Waals surface area contributed by atoms with Gasteiger partial charge in [-0.2, -0.15) is 0 Å². The van der Waals surface area contributed by atoms with E-state index in [9.17, 15) is 4.79 Å². The van der Waals surface area contributed by atoms with Crippen molar-refractivity contribution in [1.82, 2.24) is 20.6 Å². The van der Waals surface area contributed by atoms with Crippen LogP contribution < -0.4 is 10.6 Å². The highest BCUT2D eigenvalue weighted by molar-refractivity contribution is 8.00. The predicted molar refractivity (Wildman–Crippen MR) is 95.5 cm³/mol. The first-order chi connectivity index (χ1) is 11.1. The molecule has 1 aliphatic rings. The van der Waals surface area contributed by atoms with Crippen molar-refractivity contribution in [2.24, 2.45) is 5.92 Å². The number of aromatic amines is 1. The van der Waals surface area contributed by atoms with E-state index >= 15 is 0 Å². The molecule has 6 heteroatoms. The van der Waals surface area contributed by atoms with Crippen LogP contribution in [0.1, 0.15) is 31.3 Å². The molecule has 2 heterocycles. The van der Waals surface area contributed by atoms with E-state index in [1.54, 1.807) is 11.8 Å². The Morgan fingerprint density at radius 1 is 1.48 bits per heavy atom. The SMILES string of the molecule is CC(SCC(=O)NC1CNCCC1C)c1nc2ccccc2[nH]1. The molecule has 1 amide bonds. The Hall–Kier alpha value is -1.53. The third kappa shape index (κ3) is 4.06. The summed E-state index contributed by atoms with van der Waals surface area (Å²) in [5, 5.41) is 6.65. The summed E-state index contributed by atoms with van der Waals surface area (Å²) in [6.45, 7) is 6.21. The van der Waals surface area contributed by atoms with Gasteiger partial charge in [0.1, 0.15) is 5.82 Å². The lowest BCUT2D eigenvalue weighted by Gasteiger charge is -2.30. The molecule has 0 radical (unpaired) electrons. The Bertz CT molecular complexity index is 638. The quantitative estimate of drug-likeness (QED) is 0.787. The monoisotopic (exact) mass is 332 g/mol. The molecule has 5 nitrogen and oxygen atoms in total. The van der Waals surface area contributed by atoms with Gasteiger partial charge < -0.3 is 15.6 Å². The summed E-state index contributed by atoms with van der Waals surface area (Å²) in [7, 11) is 0. The number of thioether (sulfide) groups is 1. The van der Waals surface area contributed by atoms with Gasteiger partial charge in [-0.05, 0) is 37.9 Å². The van der Waals surface area contributed by atoms with Crippen LogP contribution in [-0.4, -0.2) is 40.8 Å². The van der Waals surface area contributed by atoms with Gasteiger partial charge in [0.25, 0.3) is 0 Å². The number of hydrogen-bond donors (Lipinski definition) is 3. The number of carbonyl (C=O) groups excluding carboxylic acids is 1. The van der Waals surface area contributed by atoms with E-state index in [4.69, 9.17) is 0 Å². The van der Waals surface area contributed by atoms with Gasteiger partial charge in [-0.25, -0.2) is 4.98 Å². The van der Waals surface area contributed by atoms with Gasteiger partial charge in [0, 0.05) is 12.6 Å². The molecular formula is C17H24N4OS. The van der Waals surface area contributed by atoms with Gasteiger partial charge in [0.15, 0.2) is 0 Å². The molecule has 3 atom stereocenters. The van der Waals surface area contributed by atoms with Crippen LogP contribution in [0.3, 0.4) is 0 Å². The van der Waals surface area contributed by atoms with Crippen molar-refractivity contribution in [3.05, 3.63) is 30.1 Å². The highest BCUT2D eigenvalue weighted by atomic mass is 32.2. The van der Waals surface area contributed by atoms with Gasteiger partial charge in [-0.1, -0.05) is 19.1 Å². The number of piperidine rings is 1. The van der Waals surface area contributed by atoms with Gasteiger partial charge >= 0.3 is 0 Å². The minimum absolute atomic E-state index is 0.110. The fourth-order valence-corrected chi connectivity index (χ4v) is 3.63. The standard InChI is InChI=1S/C17H24N4OS/c1-11-7-8-18-9-15(11)19-16(22)10-23-12(2)17-20-13-5-3-4-6-14(13)21-17/h3-6,11-12,15,18H,7-10H2,1-2H3,(H,19,22)(H,20,21). The Kier molecular flexibility index (Phi) is 5.23. The number of carbonyl (C=O) groups is 1. The van der Waals surface area contributed by atoms with Crippen LogP contribution >= 0.6 is 11.8 Å². The molecule has 3 N–H and O–H groups in total. The lowest BCUT2D eigenvalue weighted by molar-refractivity contribution is -0.119. The molecule has 3 unspecified atom stereocenters. The number of rotatable bonds is 5. The summed E-state index contributed by atoms with van der Waals surface area (Å²) in [5.41, 5.74) is 2.02. The van der Waals surface area contributed by atoms with Crippen LogP contribution in [0.25, 0.3) is 11.0 Å². The molecule has 0 saturated carbocycles. The second-order valence-corrected chi connectivity index (χ2v) is 7.57. The topological polar surface area (TPSA) is 69.8 Å². The number of benzene rings is 1. The summed E-state index contributed by atoms with van der Waals surface area (Å²) >= 11 is 1.62. The van der Waals surface area contributed by atoms with Crippen LogP contribution in [0.5, 0.6) is 0 Å². The third-order valence-electron chi connectivity index (χ3n) is 4.43. The largest absolute Gasteiger partial charge is 0.351 e. The van der Waals surface area contributed by atoms with Crippen molar-refractivity contribution >= 4 is 28.7 Å². The van der Waals surface area contributed by atoms with E-state index < -0.39 is 0 Å². The van der Waals surface area contributed by atoms with Crippen LogP contribution in [0.4, 0.5) is 0 Å². The molecule has 1 aromatic carbocycles. The summed E-state index contributed by atoms with van der Waals surface area (Å²) in [4.78, 5) is 20.1. The lowest BCUT2D eigenvalue weighted by atomic mass is 9.95. The first kappa shape index (κ1) is 16.3. The number of aromatic nitrogens is 2. The number of imidazole rings is 1. The minimum atomic E-state index is 0.110. The molecule has 1 saturated heterocycles. The normalized spacial score (nSPS) is 22.9. The molecule has 0 aliphatic carbocycles. The number of hydrogen-bond acceptors (Lipinski definition) is 4. The van der Waals surface area contributed by atoms with Gasteiger partial charge in [0.2, 0.25) is 5.91 Å². The van der Waals surface area contributed by atoms with E-state index in [1.807, 2.05) is 24.3 Å². The Morgan fingerprint density at radius 3 is 3.09 bits per heavy atom. The summed E-state index contributed by atoms with van der Waals surface area (Å²) in [6, 6.07) is 8.25. The highest BCUT2D eigenvalue weighted by Gasteiger charge is 2.23. The van der Waals surface area contributed by atoms with Crippen molar-refractivity contribution < 1.29 is 4.79 Å². The number of nitrogens with zero attached hydrogens (tertiary/aromatic N) is 1. The molecule has 1 aromatic heterocycles. The van der Waals surface area contributed by atoms with Crippen molar-refractivity contribution in [1.29, 1.82) is 0 Å². The molecular weight excluding hydrogens is 308 g/mol. The van der Waals surface area contributed by atoms with Gasteiger partial charge in [0.05, 0.1) is 22.0 Å². The second-order valence-electron chi connectivity index (χ2n) is 6.24. The third-order valence-corrected chi connectivity index (χ3v) is 5.58. The zero-order chi connectivity index (χ0) is 16.2. The van der Waals surface area contributed by atoms with Crippen LogP contribution in [0.2, 0.25) is 0 Å². The Labute approximate surface area is 141 Å². The Balaban J connectivity index is 1.51. The minimum Gasteiger partial charge on any atom is -0.351 e. The van der Waals surface area contributed by atoms with Crippen molar-refractivity contribution in [2.45, 2.75) is 31.6 Å². The average Bonchev–Trinajstić information content (AvgIpc) is 2.99. The number of para-hydroxylation sites is 2. The van der Waals surface area contributed by atoms with E-state index in [0.717, 1.165) is 36.4 Å². The summed E-state index contributed by atoms with van der Waals surface area (Å²) in [5.74, 6) is 2.04. The van der Waals surface area contributed by atoms with Gasteiger partial charge in [-0.3, -0.25) is 4.79 Å². The molecule has 1 aliphatic heterocycles. The maximum Gasteiger partial charge on any atom is 0.230 e. The molecule has 2 aromatic rings. The smallest absolute Gasteiger partial charge is 0.230 e. The van der Waals surface area contributed by atoms with Gasteiger partial charge in [-0.15, -0.1) is 11.8 Å². The highest BCUT2D eigenvalue weighted by Crippen LogP contribution is 2.27. The molecule has 0 spiro atoms. The fraction of sp³-hybridized carbons (Fsp3) is 0.529. The number of H-pyrrole nitrogens is 1. The van der Waals surface area contributed by atoms with Crippen LogP contribution in [0, 0.1) is 5.92 Å². The maximum absolute atomic E-state index is 12.2.